The van der Waals surface area contributed by atoms with Crippen molar-refractivity contribution in [1.82, 2.24) is 4.90 Å². The molecule has 1 aromatic rings. The van der Waals surface area contributed by atoms with Crippen molar-refractivity contribution in [2.24, 2.45) is 5.92 Å². The summed E-state index contributed by atoms with van der Waals surface area (Å²) in [7, 11) is 2.08. The van der Waals surface area contributed by atoms with E-state index >= 15 is 0 Å². The number of ether oxygens (including phenoxy) is 2. The van der Waals surface area contributed by atoms with Gasteiger partial charge in [-0.1, -0.05) is 57.6 Å². The summed E-state index contributed by atoms with van der Waals surface area (Å²) in [5.41, 5.74) is 1.57. The molecule has 0 aromatic heterocycles. The Morgan fingerprint density at radius 1 is 1.02 bits per heavy atom. The lowest BCUT2D eigenvalue weighted by atomic mass is 9.53. The van der Waals surface area contributed by atoms with Crippen LogP contribution in [0.3, 0.4) is 0 Å². The first-order valence-electron chi connectivity index (χ1n) is 15.1. The van der Waals surface area contributed by atoms with Crippen LogP contribution in [-0.2, 0) is 16.6 Å². The molecule has 1 spiro atoms. The molecular weight excluding hydrogens is 514 g/mol. The van der Waals surface area contributed by atoms with Crippen LogP contribution in [0, 0.1) is 12.0 Å². The van der Waals surface area contributed by atoms with E-state index in [9.17, 15) is 30.6 Å². The molecule has 10 atom stereocenters. The molecule has 1 unspecified atom stereocenters. The van der Waals surface area contributed by atoms with Crippen LogP contribution >= 0.6 is 0 Å². The van der Waals surface area contributed by atoms with Gasteiger partial charge in [0.25, 0.3) is 0 Å². The second kappa shape index (κ2) is 10.8. The van der Waals surface area contributed by atoms with Crippen molar-refractivity contribution < 1.29 is 40.1 Å². The van der Waals surface area contributed by atoms with Crippen molar-refractivity contribution in [2.45, 2.75) is 119 Å². The maximum Gasteiger partial charge on any atom is 0.165 e. The largest absolute Gasteiger partial charge is 0.504 e. The Morgan fingerprint density at radius 3 is 2.55 bits per heavy atom. The summed E-state index contributed by atoms with van der Waals surface area (Å²) >= 11 is 0. The maximum absolute atomic E-state index is 11.7. The van der Waals surface area contributed by atoms with Gasteiger partial charge in [-0.3, -0.25) is 0 Å². The van der Waals surface area contributed by atoms with E-state index in [4.69, 9.17) is 9.47 Å². The molecule has 3 heterocycles. The molecule has 9 heteroatoms. The molecule has 2 bridgehead atoms. The number of piperidine rings is 1. The topological polar surface area (TPSA) is 143 Å². The number of hydrogen-bond donors (Lipinski definition) is 6. The number of aromatic hydroxyl groups is 1. The molecule has 5 aliphatic rings. The predicted octanol–water partition coefficient (Wildman–Crippen LogP) is 2.00. The number of unbranched alkanes of at least 4 members (excludes halogenated alkanes) is 5. The summed E-state index contributed by atoms with van der Waals surface area (Å²) in [5, 5.41) is 66.1. The third kappa shape index (κ3) is 4.23. The number of likely N-dealkylation sites (tertiary alicyclic amines) is 1. The second-order valence-corrected chi connectivity index (χ2v) is 12.6. The molecule has 6 N–H and O–H groups in total. The number of phenolic OH excluding ortho intramolecular Hbond substituents is 1. The second-order valence-electron chi connectivity index (χ2n) is 12.6. The first-order chi connectivity index (χ1) is 19.2. The van der Waals surface area contributed by atoms with E-state index in [1.807, 2.05) is 0 Å². The molecule has 0 saturated carbocycles. The van der Waals surface area contributed by atoms with Crippen molar-refractivity contribution in [3.63, 3.8) is 0 Å². The van der Waals surface area contributed by atoms with Crippen molar-refractivity contribution >= 4 is 0 Å². The van der Waals surface area contributed by atoms with Gasteiger partial charge >= 0.3 is 0 Å². The van der Waals surface area contributed by atoms with Crippen LogP contribution in [0.1, 0.15) is 81.1 Å². The highest BCUT2D eigenvalue weighted by atomic mass is 16.5. The minimum atomic E-state index is -1.53. The SMILES string of the molecule is CCCCCCCC[C]1O[C@H](C(O)c2cc(O)c3c4c2C[C@@H]2[C@@H]5C=C[C@H](O)[C@H](O3)[C@]45CCN2C)[C@H](O)[C@H](O)[C@H]1O. The number of phenols is 1. The van der Waals surface area contributed by atoms with Crippen LogP contribution in [0.5, 0.6) is 11.5 Å². The molecular formula is C31H44NO8. The normalized spacial score (nSPS) is 39.2. The Kier molecular flexibility index (Phi) is 7.70. The number of aliphatic hydroxyl groups is 5. The third-order valence-electron chi connectivity index (χ3n) is 10.3. The maximum atomic E-state index is 11.7. The van der Waals surface area contributed by atoms with Gasteiger partial charge in [0.1, 0.15) is 48.8 Å². The molecule has 221 valence electrons. The summed E-state index contributed by atoms with van der Waals surface area (Å²) in [6, 6.07) is 1.58. The van der Waals surface area contributed by atoms with Gasteiger partial charge in [-0.2, -0.15) is 0 Å². The average molecular weight is 559 g/mol. The monoisotopic (exact) mass is 558 g/mol. The molecule has 1 aromatic carbocycles. The van der Waals surface area contributed by atoms with E-state index in [-0.39, 0.29) is 23.8 Å². The van der Waals surface area contributed by atoms with E-state index < -0.39 is 48.1 Å². The summed E-state index contributed by atoms with van der Waals surface area (Å²) in [6.07, 6.45) is 3.94. The highest BCUT2D eigenvalue weighted by molar-refractivity contribution is 5.64. The fourth-order valence-electron chi connectivity index (χ4n) is 8.22. The number of rotatable bonds is 9. The first-order valence-corrected chi connectivity index (χ1v) is 15.1. The van der Waals surface area contributed by atoms with Gasteiger partial charge in [-0.15, -0.1) is 0 Å². The number of nitrogens with zero attached hydrogens (tertiary/aromatic N) is 1. The molecule has 0 amide bonds. The summed E-state index contributed by atoms with van der Waals surface area (Å²) < 4.78 is 12.3. The van der Waals surface area contributed by atoms with Crippen LogP contribution in [-0.4, -0.2) is 91.8 Å². The van der Waals surface area contributed by atoms with Crippen molar-refractivity contribution in [1.29, 1.82) is 0 Å². The summed E-state index contributed by atoms with van der Waals surface area (Å²) in [4.78, 5) is 2.30. The number of benzene rings is 1. The molecule has 40 heavy (non-hydrogen) atoms. The lowest BCUT2D eigenvalue weighted by molar-refractivity contribution is -0.209. The highest BCUT2D eigenvalue weighted by Gasteiger charge is 2.65. The minimum absolute atomic E-state index is 0.0888. The third-order valence-corrected chi connectivity index (χ3v) is 10.3. The molecule has 9 nitrogen and oxygen atoms in total. The minimum Gasteiger partial charge on any atom is -0.504 e. The number of likely N-dealkylation sites (N-methyl/N-ethyl adjacent to an activating group) is 1. The smallest absolute Gasteiger partial charge is 0.165 e. The molecule has 2 saturated heterocycles. The Morgan fingerprint density at radius 2 is 1.77 bits per heavy atom. The predicted molar refractivity (Wildman–Crippen MR) is 147 cm³/mol. The lowest BCUT2D eigenvalue weighted by Gasteiger charge is -2.56. The average Bonchev–Trinajstić information content (AvgIpc) is 3.30. The fraction of sp³-hybridized carbons (Fsp3) is 0.710. The van der Waals surface area contributed by atoms with E-state index in [0.29, 0.717) is 24.2 Å². The number of hydrogen-bond acceptors (Lipinski definition) is 9. The van der Waals surface area contributed by atoms with E-state index in [0.717, 1.165) is 56.2 Å². The quantitative estimate of drug-likeness (QED) is 0.198. The van der Waals surface area contributed by atoms with Crippen LogP contribution in [0.4, 0.5) is 0 Å². The van der Waals surface area contributed by atoms with E-state index in [1.54, 1.807) is 6.08 Å². The molecule has 6 rings (SSSR count). The zero-order chi connectivity index (χ0) is 28.3. The van der Waals surface area contributed by atoms with Gasteiger partial charge in [-0.05, 0) is 50.0 Å². The van der Waals surface area contributed by atoms with Crippen LogP contribution in [0.2, 0.25) is 0 Å². The van der Waals surface area contributed by atoms with Gasteiger partial charge in [0, 0.05) is 22.9 Å². The van der Waals surface area contributed by atoms with Gasteiger partial charge in [-0.25, -0.2) is 0 Å². The Balaban J connectivity index is 1.31. The first kappa shape index (κ1) is 28.4. The zero-order valence-corrected chi connectivity index (χ0v) is 23.4. The van der Waals surface area contributed by atoms with Crippen molar-refractivity contribution in [3.05, 3.63) is 41.0 Å². The summed E-state index contributed by atoms with van der Waals surface area (Å²) in [5.74, 6) is 0.329. The summed E-state index contributed by atoms with van der Waals surface area (Å²) in [6.45, 7) is 2.98. The van der Waals surface area contributed by atoms with Crippen LogP contribution < -0.4 is 4.74 Å². The molecule has 2 aliphatic carbocycles. The Labute approximate surface area is 236 Å². The van der Waals surface area contributed by atoms with Crippen molar-refractivity contribution in [3.8, 4) is 11.5 Å². The van der Waals surface area contributed by atoms with Crippen LogP contribution in [0.25, 0.3) is 0 Å². The van der Waals surface area contributed by atoms with Gasteiger partial charge in [0.05, 0.1) is 0 Å². The van der Waals surface area contributed by atoms with Gasteiger partial charge in [0.15, 0.2) is 11.5 Å². The fourth-order valence-corrected chi connectivity index (χ4v) is 8.22. The van der Waals surface area contributed by atoms with Gasteiger partial charge in [0.2, 0.25) is 0 Å². The highest BCUT2D eigenvalue weighted by Crippen LogP contribution is 2.63. The van der Waals surface area contributed by atoms with Crippen LogP contribution in [0.15, 0.2) is 18.2 Å². The lowest BCUT2D eigenvalue weighted by Crippen LogP contribution is -2.65. The standard InChI is InChI=1S/C31H44NO8/c1-3-4-5-6-7-8-9-22-25(36)26(37)27(38)29(39-22)24(35)17-15-21(34)28-23-16(17)14-19-18-10-11-20(33)30(40-28)31(18,23)12-13-32(19)2/h10-11,15,18-20,24-27,29-30,33-38H,3-9,12-14H2,1-2H3/t18-,19+,20-,24?,25-,26+,27+,29+,30-,31-/m0/s1. The molecule has 3 aliphatic heterocycles. The van der Waals surface area contributed by atoms with E-state index in [1.165, 1.54) is 12.5 Å². The zero-order valence-electron chi connectivity index (χ0n) is 23.4. The molecule has 2 fully saturated rings. The molecule has 1 radical (unpaired) electrons. The van der Waals surface area contributed by atoms with E-state index in [2.05, 4.69) is 24.9 Å². The number of aliphatic hydroxyl groups excluding tert-OH is 5. The van der Waals surface area contributed by atoms with Crippen molar-refractivity contribution in [2.75, 3.05) is 13.6 Å². The Hall–Kier alpha value is -1.72. The Bertz CT molecular complexity index is 1130. The van der Waals surface area contributed by atoms with Gasteiger partial charge < -0.3 is 45.0 Å².